The van der Waals surface area contributed by atoms with Crippen LogP contribution in [0.1, 0.15) is 98.8 Å². The van der Waals surface area contributed by atoms with Gasteiger partial charge in [0.15, 0.2) is 5.79 Å². The lowest BCUT2D eigenvalue weighted by atomic mass is 9.75. The van der Waals surface area contributed by atoms with Gasteiger partial charge in [0.25, 0.3) is 0 Å². The molecule has 19 heteroatoms. The topological polar surface area (TPSA) is 241 Å². The Morgan fingerprint density at radius 1 is 0.519 bits per heavy atom. The Morgan fingerprint density at radius 3 is 1.91 bits per heavy atom. The molecule has 0 saturated carbocycles. The summed E-state index contributed by atoms with van der Waals surface area (Å²) in [5.74, 6) is -1.19. The average molecular weight is 1110 g/mol. The van der Waals surface area contributed by atoms with Crippen molar-refractivity contribution in [2.45, 2.75) is 275 Å². The van der Waals surface area contributed by atoms with Gasteiger partial charge in [-0.1, -0.05) is 88.5 Å². The third kappa shape index (κ3) is 10.5. The zero-order valence-corrected chi connectivity index (χ0v) is 46.1. The fourth-order valence-corrected chi connectivity index (χ4v) is 15.9. The second kappa shape index (κ2) is 22.4. The van der Waals surface area contributed by atoms with Crippen LogP contribution in [0.4, 0.5) is 0 Å². The van der Waals surface area contributed by atoms with Crippen molar-refractivity contribution in [3.05, 3.63) is 60.8 Å². The first-order valence-corrected chi connectivity index (χ1v) is 30.0. The van der Waals surface area contributed by atoms with Crippen LogP contribution in [-0.4, -0.2) is 220 Å². The minimum Gasteiger partial charge on any atom is -0.393 e. The van der Waals surface area contributed by atoms with Gasteiger partial charge in [-0.3, -0.25) is 0 Å². The molecule has 440 valence electrons. The first-order valence-electron chi connectivity index (χ1n) is 30.0. The molecule has 1 spiro atoms. The van der Waals surface area contributed by atoms with Crippen molar-refractivity contribution in [1.82, 2.24) is 0 Å². The van der Waals surface area contributed by atoms with Gasteiger partial charge < -0.3 is 92.2 Å². The van der Waals surface area contributed by atoms with Crippen molar-refractivity contribution < 1.29 is 92.2 Å². The molecule has 6 N–H and O–H groups in total. The minimum absolute atomic E-state index is 0.0318. The summed E-state index contributed by atoms with van der Waals surface area (Å²) in [5, 5.41) is 65.9. The highest BCUT2D eigenvalue weighted by Gasteiger charge is 2.63. The monoisotopic (exact) mass is 1110 g/mol. The predicted octanol–water partition coefficient (Wildman–Crippen LogP) is 2.97. The van der Waals surface area contributed by atoms with Crippen LogP contribution < -0.4 is 0 Å². The zero-order valence-electron chi connectivity index (χ0n) is 46.1. The van der Waals surface area contributed by atoms with Crippen LogP contribution >= 0.6 is 0 Å². The lowest BCUT2D eigenvalue weighted by molar-refractivity contribution is -0.339. The van der Waals surface area contributed by atoms with Crippen LogP contribution in [0, 0.1) is 23.7 Å². The molecular weight excluding hydrogens is 1020 g/mol. The van der Waals surface area contributed by atoms with Gasteiger partial charge in [0, 0.05) is 43.9 Å². The number of hydrogen-bond donors (Lipinski definition) is 6. The van der Waals surface area contributed by atoms with E-state index in [2.05, 4.69) is 32.9 Å². The Kier molecular flexibility index (Phi) is 15.9. The van der Waals surface area contributed by atoms with Crippen LogP contribution in [0.5, 0.6) is 0 Å². The lowest BCUT2D eigenvalue weighted by Crippen LogP contribution is -2.63. The highest BCUT2D eigenvalue weighted by Crippen LogP contribution is 2.52. The lowest BCUT2D eigenvalue weighted by Gasteiger charge is -2.53. The Bertz CT molecular complexity index is 2300. The number of aliphatic hydroxyl groups excluding tert-OH is 6. The number of fused-ring (bicyclic) bond motifs is 11. The summed E-state index contributed by atoms with van der Waals surface area (Å²) in [6.07, 6.45) is 10.5. The molecule has 0 bridgehead atoms. The summed E-state index contributed by atoms with van der Waals surface area (Å²) in [6, 6.07) is 0. The maximum absolute atomic E-state index is 12.4. The van der Waals surface area contributed by atoms with Gasteiger partial charge in [0.05, 0.1) is 129 Å². The highest BCUT2D eigenvalue weighted by molar-refractivity contribution is 5.18. The minimum atomic E-state index is -1.04. The van der Waals surface area contributed by atoms with Crippen molar-refractivity contribution in [1.29, 1.82) is 0 Å². The summed E-state index contributed by atoms with van der Waals surface area (Å²) in [7, 11) is 0. The summed E-state index contributed by atoms with van der Waals surface area (Å²) < 4.78 is 89.0. The quantitative estimate of drug-likeness (QED) is 0.223. The normalized spacial score (nSPS) is 56.8. The maximum Gasteiger partial charge on any atom is 0.174 e. The second-order valence-electron chi connectivity index (χ2n) is 25.9. The van der Waals surface area contributed by atoms with Crippen LogP contribution in [0.25, 0.3) is 0 Å². The molecule has 6 unspecified atom stereocenters. The summed E-state index contributed by atoms with van der Waals surface area (Å²) >= 11 is 0. The van der Waals surface area contributed by atoms with Crippen molar-refractivity contribution in [3.8, 4) is 0 Å². The smallest absolute Gasteiger partial charge is 0.174 e. The first kappa shape index (κ1) is 56.1. The van der Waals surface area contributed by atoms with E-state index in [4.69, 9.17) is 61.6 Å². The van der Waals surface area contributed by atoms with Crippen molar-refractivity contribution in [3.63, 3.8) is 0 Å². The molecule has 33 atom stereocenters. The molecule has 0 amide bonds. The van der Waals surface area contributed by atoms with Crippen molar-refractivity contribution in [2.75, 3.05) is 13.2 Å². The van der Waals surface area contributed by atoms with E-state index >= 15 is 0 Å². The van der Waals surface area contributed by atoms with Gasteiger partial charge >= 0.3 is 0 Å². The Hall–Kier alpha value is -2.06. The van der Waals surface area contributed by atoms with E-state index in [1.165, 1.54) is 6.08 Å². The average Bonchev–Trinajstić information content (AvgIpc) is 3.66. The third-order valence-electron chi connectivity index (χ3n) is 20.6. The number of rotatable bonds is 3. The Labute approximate surface area is 463 Å². The van der Waals surface area contributed by atoms with Gasteiger partial charge in [-0.2, -0.15) is 0 Å². The molecule has 13 rings (SSSR count). The molecule has 9 fully saturated rings. The molecule has 0 aromatic carbocycles. The van der Waals surface area contributed by atoms with Gasteiger partial charge in [-0.05, 0) is 50.9 Å². The Morgan fingerprint density at radius 2 is 1.14 bits per heavy atom. The van der Waals surface area contributed by atoms with E-state index in [1.54, 1.807) is 6.08 Å². The molecule has 0 aromatic heterocycles. The SMILES string of the molecule is C[C@@H]1C[C@@H]2O[C@H]3C(CC2OC2CC4O[C@H]5C/C=C\C[C@H]6O[C@H]7C=C[C@H]8O[C@H]9[C@H](O)[C@H]%10O[C@@H](/C=C/C(O)CO)C=CC[C@@H]%10O[C@@H]9C[C@@H]8O[C@@H]7C=C[C@@H]6O[C@@H]5C[C@@H](O)[C@]4(C)O[C@@H]2C1)OC1[C@@H](C)[C@H](C)[C@@]2(C[C@H](O)CO2)O[C@H]1[C@@H](O)[C@@H]3C. The maximum atomic E-state index is 12.4. The van der Waals surface area contributed by atoms with Crippen LogP contribution in [0.2, 0.25) is 0 Å². The molecule has 0 radical (unpaired) electrons. The van der Waals surface area contributed by atoms with E-state index in [1.807, 2.05) is 50.3 Å². The van der Waals surface area contributed by atoms with E-state index in [0.717, 1.165) is 6.42 Å². The largest absolute Gasteiger partial charge is 0.393 e. The van der Waals surface area contributed by atoms with E-state index in [9.17, 15) is 30.6 Å². The standard InChI is InChI=1S/C60H86O19/c1-28-19-42-44(22-48-54(76-42)30(3)52(65)58-55(77-48)29(2)31(4)60(79-58)25-33(63)27-67-60)73-46-24-51-59(5,78-47(46)20-28)50(64)23-45-36(74-51)11-7-6-10-35-37(71-45)15-16-39-38(69-35)17-18-40-43(70-39)21-49-57(75-40)53(66)56-41(72-49)12-8-9-34(68-56)14-13-32(62)26-61/h6-9,13-18,28-58,61-66H,10-12,19-27H2,1-5H3/b7-6-,14-13+/t28-,29+,30+,31+,32?,33+,34-,35-,36+,37+,38+,39-,40-,41+,42+,43+,44?,45-,46?,47-,48?,49-,50-,51?,52+,53-,54-,55?,56+,57-,58+,59+,60-/m1/s1. The predicted molar refractivity (Wildman–Crippen MR) is 279 cm³/mol. The number of hydrogen-bond acceptors (Lipinski definition) is 19. The fraction of sp³-hybridized carbons (Fsp3) is 0.833. The van der Waals surface area contributed by atoms with Crippen molar-refractivity contribution in [2.24, 2.45) is 23.7 Å². The molecule has 19 nitrogen and oxygen atoms in total. The van der Waals surface area contributed by atoms with E-state index < -0.39 is 134 Å². The first-order chi connectivity index (χ1) is 38.0. The molecule has 79 heavy (non-hydrogen) atoms. The second-order valence-corrected chi connectivity index (χ2v) is 25.9. The van der Waals surface area contributed by atoms with Gasteiger partial charge in [-0.25, -0.2) is 0 Å². The number of aliphatic hydroxyl groups is 6. The summed E-state index contributed by atoms with van der Waals surface area (Å²) in [5.41, 5.74) is -1.04. The summed E-state index contributed by atoms with van der Waals surface area (Å²) in [6.45, 7) is 10.3. The Balaban J connectivity index is 0.677. The van der Waals surface area contributed by atoms with Gasteiger partial charge in [0.1, 0.15) is 54.4 Å². The van der Waals surface area contributed by atoms with Crippen LogP contribution in [-0.2, 0) is 61.6 Å². The highest BCUT2D eigenvalue weighted by atomic mass is 16.7. The van der Waals surface area contributed by atoms with E-state index in [0.29, 0.717) is 57.8 Å². The van der Waals surface area contributed by atoms with Crippen LogP contribution in [0.3, 0.4) is 0 Å². The van der Waals surface area contributed by atoms with Crippen LogP contribution in [0.15, 0.2) is 60.8 Å². The molecule has 13 heterocycles. The fourth-order valence-electron chi connectivity index (χ4n) is 15.9. The van der Waals surface area contributed by atoms with Gasteiger partial charge in [0.2, 0.25) is 0 Å². The third-order valence-corrected chi connectivity index (χ3v) is 20.6. The summed E-state index contributed by atoms with van der Waals surface area (Å²) in [4.78, 5) is 0. The molecular formula is C60H86O19. The number of ether oxygens (including phenoxy) is 13. The zero-order chi connectivity index (χ0) is 54.6. The molecule has 0 aliphatic carbocycles. The molecule has 0 aromatic rings. The van der Waals surface area contributed by atoms with E-state index in [-0.39, 0.29) is 79.1 Å². The molecule has 9 saturated heterocycles. The van der Waals surface area contributed by atoms with Crippen molar-refractivity contribution >= 4 is 0 Å². The molecule has 13 aliphatic heterocycles. The van der Waals surface area contributed by atoms with Gasteiger partial charge in [-0.15, -0.1) is 0 Å². The molecule has 13 aliphatic rings.